The molecule has 5 unspecified atom stereocenters. The van der Waals surface area contributed by atoms with Crippen LogP contribution in [-0.4, -0.2) is 50.1 Å². The minimum absolute atomic E-state index is 0. The van der Waals surface area contributed by atoms with E-state index in [4.69, 9.17) is 19.2 Å². The van der Waals surface area contributed by atoms with Crippen molar-refractivity contribution in [2.75, 3.05) is 23.9 Å². The van der Waals surface area contributed by atoms with E-state index in [2.05, 4.69) is 31.4 Å². The van der Waals surface area contributed by atoms with Gasteiger partial charge in [-0.15, -0.1) is 0 Å². The van der Waals surface area contributed by atoms with E-state index < -0.39 is 5.60 Å². The van der Waals surface area contributed by atoms with Gasteiger partial charge in [0.25, 0.3) is 0 Å². The lowest BCUT2D eigenvalue weighted by Crippen LogP contribution is -2.63. The smallest absolute Gasteiger partial charge is 0.383 e. The second-order valence-corrected chi connectivity index (χ2v) is 15.1. The van der Waals surface area contributed by atoms with E-state index in [9.17, 15) is 14.4 Å². The molecule has 316 valence electrons. The quantitative estimate of drug-likeness (QED) is 0.0552. The molecule has 6 aromatic rings. The van der Waals surface area contributed by atoms with Gasteiger partial charge in [-0.25, -0.2) is 9.59 Å². The lowest BCUT2D eigenvalue weighted by atomic mass is 9.70. The summed E-state index contributed by atoms with van der Waals surface area (Å²) in [5, 5.41) is 1.78. The fourth-order valence-electron chi connectivity index (χ4n) is 8.92. The number of carbonyl (C=O) groups is 3. The van der Waals surface area contributed by atoms with Crippen molar-refractivity contribution in [2.45, 2.75) is 25.1 Å². The average molecular weight is 841 g/mol. The number of hydrogen-bond acceptors (Lipinski definition) is 10. The van der Waals surface area contributed by atoms with Gasteiger partial charge >= 0.3 is 18.1 Å². The van der Waals surface area contributed by atoms with Gasteiger partial charge in [0.2, 0.25) is 16.6 Å². The van der Waals surface area contributed by atoms with Crippen LogP contribution in [-0.2, 0) is 36.8 Å². The first kappa shape index (κ1) is 43.4. The highest BCUT2D eigenvalue weighted by Gasteiger charge is 2.64. The number of anilines is 2. The fourth-order valence-corrected chi connectivity index (χ4v) is 8.92. The summed E-state index contributed by atoms with van der Waals surface area (Å²) >= 11 is 0. The minimum Gasteiger partial charge on any atom is -0.423 e. The van der Waals surface area contributed by atoms with E-state index in [-0.39, 0.29) is 55.2 Å². The lowest BCUT2D eigenvalue weighted by Gasteiger charge is -2.51. The number of aromatic nitrogens is 1. The van der Waals surface area contributed by atoms with E-state index in [0.717, 1.165) is 44.3 Å². The monoisotopic (exact) mass is 840 g/mol. The topological polar surface area (TPSA) is 123 Å². The molecule has 5 aliphatic rings. The molecule has 0 saturated carbocycles. The summed E-state index contributed by atoms with van der Waals surface area (Å²) in [6.45, 7) is 0. The molecule has 0 N–H and O–H groups in total. The van der Waals surface area contributed by atoms with E-state index in [1.807, 2.05) is 173 Å². The zero-order chi connectivity index (χ0) is 43.4. The van der Waals surface area contributed by atoms with Gasteiger partial charge in [0.15, 0.2) is 5.78 Å². The molecule has 3 aliphatic heterocycles. The molecule has 11 rings (SSSR count). The minimum atomic E-state index is -0.977. The molecule has 11 nitrogen and oxygen atoms in total. The standard InChI is InChI=1S/C21H16NO2.C15H13NO3.C14H13NO.CO2.CH4/c1-22-18-13-7-5-11-16(18)20(17-12-6-8-14-19(17)22)21(23)24-15-9-3-2-4-10-15;1-16-12-8-4-2-6-10(12)15(14(17)18-19-15)11-7-3-5-9-13(11)16;1-15-12-8-4-2-6-10(12)14(16)11-7-3-5-9-13(11)15;2-1-3;/h2-14H,1H3;2-10,12H,1H3;2-10,12H,1H3;;1H4/q+1;;;;. The number of fused-ring (bicyclic) bond motifs is 8. The van der Waals surface area contributed by atoms with Crippen LogP contribution in [0.4, 0.5) is 11.4 Å². The van der Waals surface area contributed by atoms with Crippen LogP contribution in [0.15, 0.2) is 176 Å². The number of hydrogen-bond donors (Lipinski definition) is 0. The molecule has 1 aromatic heterocycles. The number of ketones is 1. The Kier molecular flexibility index (Phi) is 12.7. The van der Waals surface area contributed by atoms with Crippen LogP contribution in [0.3, 0.4) is 0 Å². The maximum atomic E-state index is 12.9. The Morgan fingerprint density at radius 3 is 1.83 bits per heavy atom. The zero-order valence-electron chi connectivity index (χ0n) is 34.2. The highest BCUT2D eigenvalue weighted by Crippen LogP contribution is 2.53. The maximum Gasteiger partial charge on any atom is 0.383 e. The van der Waals surface area contributed by atoms with Crippen LogP contribution in [0.1, 0.15) is 33.7 Å². The van der Waals surface area contributed by atoms with Gasteiger partial charge in [-0.3, -0.25) is 9.68 Å². The van der Waals surface area contributed by atoms with E-state index in [1.54, 1.807) is 12.1 Å². The number of rotatable bonds is 2. The summed E-state index contributed by atoms with van der Waals surface area (Å²) in [6.07, 6.45) is 16.4. The molecule has 11 heteroatoms. The first-order valence-electron chi connectivity index (χ1n) is 20.1. The van der Waals surface area contributed by atoms with Crippen molar-refractivity contribution >= 4 is 57.1 Å². The van der Waals surface area contributed by atoms with Crippen molar-refractivity contribution in [3.8, 4) is 5.75 Å². The van der Waals surface area contributed by atoms with Gasteiger partial charge in [0.1, 0.15) is 12.8 Å². The molecule has 0 radical (unpaired) electrons. The van der Waals surface area contributed by atoms with Gasteiger partial charge in [-0.05, 0) is 42.5 Å². The molecule has 1 saturated heterocycles. The van der Waals surface area contributed by atoms with Crippen molar-refractivity contribution in [1.29, 1.82) is 0 Å². The van der Waals surface area contributed by atoms with Gasteiger partial charge in [-0.1, -0.05) is 129 Å². The number of benzene rings is 5. The molecule has 5 atom stereocenters. The third kappa shape index (κ3) is 7.76. The third-order valence-corrected chi connectivity index (χ3v) is 11.9. The Morgan fingerprint density at radius 2 is 1.19 bits per heavy atom. The number of esters is 1. The molecule has 4 heterocycles. The molecule has 2 aliphatic carbocycles. The molecule has 0 bridgehead atoms. The predicted molar refractivity (Wildman–Crippen MR) is 240 cm³/mol. The van der Waals surface area contributed by atoms with Crippen molar-refractivity contribution in [1.82, 2.24) is 0 Å². The highest BCUT2D eigenvalue weighted by atomic mass is 17.3. The molecule has 1 fully saturated rings. The summed E-state index contributed by atoms with van der Waals surface area (Å²) in [5.41, 5.74) is 5.39. The number of pyridine rings is 1. The van der Waals surface area contributed by atoms with Crippen LogP contribution in [0.2, 0.25) is 0 Å². The predicted octanol–water partition coefficient (Wildman–Crippen LogP) is 8.45. The largest absolute Gasteiger partial charge is 0.423 e. The normalized spacial score (nSPS) is 21.4. The Labute approximate surface area is 365 Å². The van der Waals surface area contributed by atoms with Crippen LogP contribution in [0.5, 0.6) is 5.75 Å². The van der Waals surface area contributed by atoms with Crippen LogP contribution in [0.25, 0.3) is 21.8 Å². The first-order valence-corrected chi connectivity index (χ1v) is 20.1. The summed E-state index contributed by atoms with van der Waals surface area (Å²) in [5.74, 6) is 0.0592. The third-order valence-electron chi connectivity index (χ3n) is 11.9. The lowest BCUT2D eigenvalue weighted by molar-refractivity contribution is -0.617. The Morgan fingerprint density at radius 1 is 0.667 bits per heavy atom. The molecule has 5 aromatic carbocycles. The molecule has 63 heavy (non-hydrogen) atoms. The SMILES string of the molecule is C.CN1c2ccccc2C(=O)C2C=CC=CC21.CN1c2ccccc2C2(OOC2=O)C2C=CC=CC21.C[n+]1c2ccccc2c(C(=O)Oc2ccccc2)c2ccccc21.O=C=O. The van der Waals surface area contributed by atoms with Gasteiger partial charge < -0.3 is 14.5 Å². The molecular weight excluding hydrogens is 795 g/mol. The first-order chi connectivity index (χ1) is 30.2. The summed E-state index contributed by atoms with van der Waals surface area (Å²) in [4.78, 5) is 67.9. The van der Waals surface area contributed by atoms with Crippen LogP contribution >= 0.6 is 0 Å². The maximum absolute atomic E-state index is 12.9. The average Bonchev–Trinajstić information content (AvgIpc) is 3.32. The van der Waals surface area contributed by atoms with Crippen LogP contribution < -0.4 is 19.1 Å². The van der Waals surface area contributed by atoms with E-state index in [0.29, 0.717) is 11.3 Å². The number of carbonyl (C=O) groups excluding carboxylic acids is 5. The van der Waals surface area contributed by atoms with E-state index >= 15 is 0 Å². The summed E-state index contributed by atoms with van der Waals surface area (Å²) in [6, 6.07) is 40.9. The van der Waals surface area contributed by atoms with Gasteiger partial charge in [0.05, 0.1) is 40.3 Å². The van der Waals surface area contributed by atoms with Gasteiger partial charge in [0, 0.05) is 48.7 Å². The zero-order valence-corrected chi connectivity index (χ0v) is 34.2. The number of allylic oxidation sites excluding steroid dienone is 4. The molecular formula is C52H46N3O8+. The van der Waals surface area contributed by atoms with Crippen molar-refractivity contribution in [2.24, 2.45) is 18.9 Å². The van der Waals surface area contributed by atoms with Gasteiger partial charge in [-0.2, -0.15) is 19.0 Å². The van der Waals surface area contributed by atoms with Crippen molar-refractivity contribution in [3.63, 3.8) is 0 Å². The van der Waals surface area contributed by atoms with Crippen LogP contribution in [0, 0.1) is 11.8 Å². The second-order valence-electron chi connectivity index (χ2n) is 15.1. The molecule has 1 spiro atoms. The Hall–Kier alpha value is -7.72. The second kappa shape index (κ2) is 18.5. The summed E-state index contributed by atoms with van der Waals surface area (Å²) in [7, 11) is 6.10. The molecule has 0 amide bonds. The highest BCUT2D eigenvalue weighted by molar-refractivity contribution is 6.13. The van der Waals surface area contributed by atoms with Crippen molar-refractivity contribution < 1.29 is 43.1 Å². The van der Waals surface area contributed by atoms with E-state index in [1.165, 1.54) is 0 Å². The Balaban J connectivity index is 0.000000139. The summed E-state index contributed by atoms with van der Waals surface area (Å²) < 4.78 is 7.71. The number of Topliss-reactive ketones (excluding diaryl/α,β-unsaturated/α-hetero) is 1. The fraction of sp³-hybridized carbons (Fsp3) is 0.173. The Bertz CT molecular complexity index is 2800. The number of likely N-dealkylation sites (N-methyl/N-ethyl adjacent to an activating group) is 2. The van der Waals surface area contributed by atoms with Crippen molar-refractivity contribution in [3.05, 3.63) is 193 Å². The number of ether oxygens (including phenoxy) is 1. The number of aryl methyl sites for hydroxylation is 1. The number of para-hydroxylation sites is 5. The number of nitrogens with zero attached hydrogens (tertiary/aromatic N) is 3.